The average molecular weight is 262 g/mol. The Labute approximate surface area is 113 Å². The highest BCUT2D eigenvalue weighted by molar-refractivity contribution is 5.96. The van der Waals surface area contributed by atoms with Crippen LogP contribution >= 0.6 is 0 Å². The topological polar surface area (TPSA) is 26.3 Å². The second kappa shape index (κ2) is 4.95. The number of ether oxygens (including phenoxy) is 1. The van der Waals surface area contributed by atoms with Crippen LogP contribution in [0.4, 0.5) is 4.39 Å². The predicted molar refractivity (Wildman–Crippen MR) is 70.8 cm³/mol. The first-order valence-electron chi connectivity index (χ1n) is 7.07. The van der Waals surface area contributed by atoms with Crippen LogP contribution in [0.15, 0.2) is 18.2 Å². The van der Waals surface area contributed by atoms with E-state index in [0.29, 0.717) is 23.8 Å². The van der Waals surface area contributed by atoms with Crippen molar-refractivity contribution in [1.82, 2.24) is 0 Å². The Morgan fingerprint density at radius 3 is 2.84 bits per heavy atom. The van der Waals surface area contributed by atoms with E-state index in [2.05, 4.69) is 0 Å². The highest BCUT2D eigenvalue weighted by atomic mass is 19.1. The number of fused-ring (bicyclic) bond motifs is 2. The number of hydrogen-bond acceptors (Lipinski definition) is 2. The zero-order chi connectivity index (χ0) is 13.4. The summed E-state index contributed by atoms with van der Waals surface area (Å²) in [5, 5.41) is 0. The molecule has 2 fully saturated rings. The van der Waals surface area contributed by atoms with Gasteiger partial charge in [-0.15, -0.1) is 0 Å². The van der Waals surface area contributed by atoms with Crippen LogP contribution in [0.25, 0.3) is 0 Å². The molecule has 2 bridgehead atoms. The molecule has 0 spiro atoms. The summed E-state index contributed by atoms with van der Waals surface area (Å²) in [5.41, 5.74) is 0.350. The van der Waals surface area contributed by atoms with Gasteiger partial charge in [-0.1, -0.05) is 6.42 Å². The van der Waals surface area contributed by atoms with E-state index in [1.54, 1.807) is 6.07 Å². The van der Waals surface area contributed by atoms with Gasteiger partial charge in [0.05, 0.1) is 12.2 Å². The van der Waals surface area contributed by atoms with Crippen molar-refractivity contribution >= 4 is 5.78 Å². The van der Waals surface area contributed by atoms with E-state index in [-0.39, 0.29) is 5.78 Å². The van der Waals surface area contributed by atoms with Gasteiger partial charge in [-0.2, -0.15) is 0 Å². The Morgan fingerprint density at radius 1 is 1.37 bits per heavy atom. The molecule has 0 aliphatic heterocycles. The summed E-state index contributed by atoms with van der Waals surface area (Å²) in [6, 6.07) is 4.18. The number of ketones is 1. The van der Waals surface area contributed by atoms with E-state index in [9.17, 15) is 9.18 Å². The Bertz CT molecular complexity index is 498. The molecule has 1 aromatic rings. The lowest BCUT2D eigenvalue weighted by molar-refractivity contribution is 0.101. The fraction of sp³-hybridized carbons (Fsp3) is 0.562. The first-order chi connectivity index (χ1) is 9.13. The van der Waals surface area contributed by atoms with Crippen LogP contribution in [-0.4, -0.2) is 12.4 Å². The third-order valence-corrected chi connectivity index (χ3v) is 4.66. The van der Waals surface area contributed by atoms with Gasteiger partial charge in [-0.05, 0) is 62.1 Å². The molecule has 3 atom stereocenters. The van der Waals surface area contributed by atoms with Gasteiger partial charge >= 0.3 is 0 Å². The van der Waals surface area contributed by atoms with Crippen molar-refractivity contribution in [1.29, 1.82) is 0 Å². The van der Waals surface area contributed by atoms with Crippen molar-refractivity contribution in [3.05, 3.63) is 29.6 Å². The van der Waals surface area contributed by atoms with Gasteiger partial charge in [0.2, 0.25) is 0 Å². The van der Waals surface area contributed by atoms with Crippen molar-refractivity contribution in [2.24, 2.45) is 17.8 Å². The molecule has 3 unspecified atom stereocenters. The highest BCUT2D eigenvalue weighted by Crippen LogP contribution is 2.48. The summed E-state index contributed by atoms with van der Waals surface area (Å²) in [5.74, 6) is 2.28. The minimum atomic E-state index is -0.391. The van der Waals surface area contributed by atoms with Crippen LogP contribution in [0.2, 0.25) is 0 Å². The molecular formula is C16H19FO2. The van der Waals surface area contributed by atoms with E-state index in [1.165, 1.54) is 44.7 Å². The van der Waals surface area contributed by atoms with Gasteiger partial charge in [-0.3, -0.25) is 4.79 Å². The van der Waals surface area contributed by atoms with Gasteiger partial charge in [0.15, 0.2) is 5.78 Å². The molecule has 0 amide bonds. The number of hydrogen-bond donors (Lipinski definition) is 0. The van der Waals surface area contributed by atoms with Crippen LogP contribution in [0.5, 0.6) is 5.75 Å². The van der Waals surface area contributed by atoms with E-state index >= 15 is 0 Å². The van der Waals surface area contributed by atoms with Crippen molar-refractivity contribution in [2.75, 3.05) is 6.61 Å². The standard InChI is InChI=1S/C16H19FO2/c1-10(18)15-8-14(17)4-5-16(15)19-9-13-7-11-2-3-12(13)6-11/h4-5,8,11-13H,2-3,6-7,9H2,1H3. The van der Waals surface area contributed by atoms with Crippen LogP contribution in [0.1, 0.15) is 43.0 Å². The molecule has 0 N–H and O–H groups in total. The molecule has 3 rings (SSSR count). The van der Waals surface area contributed by atoms with Gasteiger partial charge in [0, 0.05) is 0 Å². The Hall–Kier alpha value is -1.38. The predicted octanol–water partition coefficient (Wildman–Crippen LogP) is 3.84. The average Bonchev–Trinajstić information content (AvgIpc) is 2.99. The minimum Gasteiger partial charge on any atom is -0.493 e. The van der Waals surface area contributed by atoms with Gasteiger partial charge in [0.25, 0.3) is 0 Å². The summed E-state index contributed by atoms with van der Waals surface area (Å²) >= 11 is 0. The normalized spacial score (nSPS) is 28.6. The second-order valence-corrected chi connectivity index (χ2v) is 5.94. The number of halogens is 1. The molecule has 1 aromatic carbocycles. The van der Waals surface area contributed by atoms with E-state index in [0.717, 1.165) is 11.8 Å². The molecular weight excluding hydrogens is 243 g/mol. The van der Waals surface area contributed by atoms with E-state index < -0.39 is 5.82 Å². The molecule has 0 aromatic heterocycles. The zero-order valence-electron chi connectivity index (χ0n) is 11.2. The third kappa shape index (κ3) is 2.51. The van der Waals surface area contributed by atoms with Crippen LogP contribution < -0.4 is 4.74 Å². The van der Waals surface area contributed by atoms with Crippen molar-refractivity contribution < 1.29 is 13.9 Å². The lowest BCUT2D eigenvalue weighted by atomic mass is 9.89. The largest absolute Gasteiger partial charge is 0.493 e. The third-order valence-electron chi connectivity index (χ3n) is 4.66. The number of benzene rings is 1. The monoisotopic (exact) mass is 262 g/mol. The van der Waals surface area contributed by atoms with Crippen LogP contribution in [0, 0.1) is 23.6 Å². The van der Waals surface area contributed by atoms with Crippen LogP contribution in [0.3, 0.4) is 0 Å². The molecule has 2 aliphatic carbocycles. The molecule has 19 heavy (non-hydrogen) atoms. The molecule has 2 saturated carbocycles. The van der Waals surface area contributed by atoms with Gasteiger partial charge in [0.1, 0.15) is 11.6 Å². The molecule has 2 aliphatic rings. The Balaban J connectivity index is 1.68. The maximum absolute atomic E-state index is 13.2. The van der Waals surface area contributed by atoms with Crippen LogP contribution in [-0.2, 0) is 0 Å². The maximum atomic E-state index is 13.2. The first-order valence-corrected chi connectivity index (χ1v) is 7.07. The van der Waals surface area contributed by atoms with Gasteiger partial charge < -0.3 is 4.74 Å². The quantitative estimate of drug-likeness (QED) is 0.770. The number of rotatable bonds is 4. The summed E-state index contributed by atoms with van der Waals surface area (Å²) < 4.78 is 19.0. The summed E-state index contributed by atoms with van der Waals surface area (Å²) in [4.78, 5) is 11.5. The molecule has 0 saturated heterocycles. The Morgan fingerprint density at radius 2 is 2.21 bits per heavy atom. The molecule has 0 radical (unpaired) electrons. The highest BCUT2D eigenvalue weighted by Gasteiger charge is 2.39. The summed E-state index contributed by atoms with van der Waals surface area (Å²) in [6.07, 6.45) is 5.29. The lowest BCUT2D eigenvalue weighted by Gasteiger charge is -2.22. The molecule has 0 heterocycles. The SMILES string of the molecule is CC(=O)c1cc(F)ccc1OCC1CC2CCC1C2. The minimum absolute atomic E-state index is 0.151. The van der Waals surface area contributed by atoms with Crippen molar-refractivity contribution in [3.8, 4) is 5.75 Å². The van der Waals surface area contributed by atoms with E-state index in [4.69, 9.17) is 4.74 Å². The lowest BCUT2D eigenvalue weighted by Crippen LogP contribution is -2.19. The first kappa shape index (κ1) is 12.6. The zero-order valence-corrected chi connectivity index (χ0v) is 11.2. The number of carbonyl (C=O) groups is 1. The number of Topliss-reactive ketones (excluding diaryl/α,β-unsaturated/α-hetero) is 1. The van der Waals surface area contributed by atoms with Crippen molar-refractivity contribution in [2.45, 2.75) is 32.6 Å². The van der Waals surface area contributed by atoms with Gasteiger partial charge in [-0.25, -0.2) is 4.39 Å². The Kier molecular flexibility index (Phi) is 3.29. The molecule has 2 nitrogen and oxygen atoms in total. The fourth-order valence-electron chi connectivity index (χ4n) is 3.68. The van der Waals surface area contributed by atoms with E-state index in [1.807, 2.05) is 0 Å². The molecule has 102 valence electrons. The second-order valence-electron chi connectivity index (χ2n) is 5.94. The smallest absolute Gasteiger partial charge is 0.163 e. The fourth-order valence-corrected chi connectivity index (χ4v) is 3.68. The summed E-state index contributed by atoms with van der Waals surface area (Å²) in [6.45, 7) is 2.10. The van der Waals surface area contributed by atoms with Crippen molar-refractivity contribution in [3.63, 3.8) is 0 Å². The number of carbonyl (C=O) groups excluding carboxylic acids is 1. The summed E-state index contributed by atoms with van der Waals surface area (Å²) in [7, 11) is 0. The maximum Gasteiger partial charge on any atom is 0.163 e. The molecule has 3 heteroatoms.